The first-order chi connectivity index (χ1) is 12.3. The molecule has 2 aromatic rings. The summed E-state index contributed by atoms with van der Waals surface area (Å²) >= 11 is 6.25. The van der Waals surface area contributed by atoms with Crippen LogP contribution in [-0.2, 0) is 11.3 Å². The Labute approximate surface area is 154 Å². The molecule has 0 N–H and O–H groups in total. The third-order valence-corrected chi connectivity index (χ3v) is 3.95. The Hall–Kier alpha value is -2.74. The number of unbranched alkanes of at least 4 members (excludes halogenated alkanes) is 1. The highest BCUT2D eigenvalue weighted by atomic mass is 35.5. The number of carbonyl (C=O) groups is 1. The molecule has 0 fully saturated rings. The summed E-state index contributed by atoms with van der Waals surface area (Å²) in [6.45, 7) is 4.45. The number of hydrogen-bond acceptors (Lipinski definition) is 5. The Morgan fingerprint density at radius 3 is 2.88 bits per heavy atom. The monoisotopic (exact) mass is 381 g/mol. The van der Waals surface area contributed by atoms with E-state index in [1.54, 1.807) is 11.6 Å². The van der Waals surface area contributed by atoms with Gasteiger partial charge < -0.3 is 4.74 Å². The Kier molecular flexibility index (Phi) is 6.46. The quantitative estimate of drug-likeness (QED) is 0.234. The van der Waals surface area contributed by atoms with Crippen LogP contribution in [0.1, 0.15) is 31.0 Å². The average Bonchev–Trinajstić information content (AvgIpc) is 2.84. The smallest absolute Gasteiger partial charge is 0.336 e. The lowest BCUT2D eigenvalue weighted by Gasteiger charge is -2.03. The first-order valence-corrected chi connectivity index (χ1v) is 8.28. The summed E-state index contributed by atoms with van der Waals surface area (Å²) < 4.78 is 19.8. The predicted octanol–water partition coefficient (Wildman–Crippen LogP) is 4.31. The van der Waals surface area contributed by atoms with Crippen molar-refractivity contribution >= 4 is 29.3 Å². The number of hydrogen-bond donors (Lipinski definition) is 0. The van der Waals surface area contributed by atoms with Gasteiger partial charge in [0.2, 0.25) is 5.75 Å². The molecule has 26 heavy (non-hydrogen) atoms. The minimum Gasteiger partial charge on any atom is -0.416 e. The summed E-state index contributed by atoms with van der Waals surface area (Å²) in [5, 5.41) is 15.6. The molecular formula is C17H17ClFN3O4. The van der Waals surface area contributed by atoms with Crippen LogP contribution in [0.25, 0.3) is 6.08 Å². The molecule has 0 unspecified atom stereocenters. The van der Waals surface area contributed by atoms with Gasteiger partial charge in [-0.2, -0.15) is 5.10 Å². The lowest BCUT2D eigenvalue weighted by molar-refractivity contribution is -0.385. The Balaban J connectivity index is 2.17. The molecule has 0 saturated heterocycles. The van der Waals surface area contributed by atoms with E-state index in [1.165, 1.54) is 6.08 Å². The number of nitro benzene ring substituents is 1. The fraction of sp³-hybridized carbons (Fsp3) is 0.294. The first kappa shape index (κ1) is 19.6. The zero-order chi connectivity index (χ0) is 19.3. The molecule has 0 bridgehead atoms. The van der Waals surface area contributed by atoms with Crippen molar-refractivity contribution in [2.75, 3.05) is 0 Å². The number of aromatic nitrogens is 2. The second-order valence-electron chi connectivity index (χ2n) is 5.49. The lowest BCUT2D eigenvalue weighted by atomic mass is 10.2. The largest absolute Gasteiger partial charge is 0.416 e. The van der Waals surface area contributed by atoms with Gasteiger partial charge in [-0.05, 0) is 25.5 Å². The van der Waals surface area contributed by atoms with Gasteiger partial charge in [0.15, 0.2) is 0 Å². The van der Waals surface area contributed by atoms with Crippen molar-refractivity contribution in [2.45, 2.75) is 33.2 Å². The van der Waals surface area contributed by atoms with Gasteiger partial charge in [-0.15, -0.1) is 0 Å². The highest BCUT2D eigenvalue weighted by Gasteiger charge is 2.18. The summed E-state index contributed by atoms with van der Waals surface area (Å²) in [5.41, 5.74) is 0.676. The second-order valence-corrected chi connectivity index (χ2v) is 5.85. The lowest BCUT2D eigenvalue weighted by Crippen LogP contribution is -2.06. The zero-order valence-corrected chi connectivity index (χ0v) is 15.0. The maximum Gasteiger partial charge on any atom is 0.336 e. The highest BCUT2D eigenvalue weighted by Crippen LogP contribution is 2.28. The van der Waals surface area contributed by atoms with Gasteiger partial charge in [-0.25, -0.2) is 9.18 Å². The van der Waals surface area contributed by atoms with E-state index < -0.39 is 28.1 Å². The van der Waals surface area contributed by atoms with Crippen LogP contribution in [0.5, 0.6) is 5.75 Å². The molecule has 0 aliphatic heterocycles. The molecule has 0 aliphatic rings. The van der Waals surface area contributed by atoms with E-state index in [-0.39, 0.29) is 0 Å². The summed E-state index contributed by atoms with van der Waals surface area (Å²) in [6.07, 6.45) is 4.38. The summed E-state index contributed by atoms with van der Waals surface area (Å²) in [6, 6.07) is 2.63. The molecule has 0 spiro atoms. The van der Waals surface area contributed by atoms with Crippen LogP contribution in [-0.4, -0.2) is 20.7 Å². The number of esters is 1. The Bertz CT molecular complexity index is 864. The topological polar surface area (TPSA) is 87.3 Å². The molecule has 1 aromatic carbocycles. The zero-order valence-electron chi connectivity index (χ0n) is 14.2. The van der Waals surface area contributed by atoms with Crippen molar-refractivity contribution in [3.05, 3.63) is 56.6 Å². The first-order valence-electron chi connectivity index (χ1n) is 7.90. The van der Waals surface area contributed by atoms with E-state index in [0.29, 0.717) is 23.0 Å². The Morgan fingerprint density at radius 2 is 2.23 bits per heavy atom. The van der Waals surface area contributed by atoms with Crippen molar-refractivity contribution in [1.29, 1.82) is 0 Å². The number of benzene rings is 1. The minimum atomic E-state index is -0.893. The number of halogens is 2. The van der Waals surface area contributed by atoms with Crippen LogP contribution in [0.15, 0.2) is 24.3 Å². The molecule has 1 heterocycles. The molecule has 1 aromatic heterocycles. The maximum atomic E-state index is 13.3. The van der Waals surface area contributed by atoms with E-state index in [1.807, 2.05) is 6.92 Å². The number of nitrogens with zero attached hydrogens (tertiary/aromatic N) is 3. The van der Waals surface area contributed by atoms with Crippen molar-refractivity contribution < 1.29 is 18.8 Å². The van der Waals surface area contributed by atoms with Gasteiger partial charge in [0.25, 0.3) is 0 Å². The van der Waals surface area contributed by atoms with Gasteiger partial charge in [0.1, 0.15) is 11.0 Å². The fourth-order valence-corrected chi connectivity index (χ4v) is 2.55. The number of nitro groups is 1. The summed E-state index contributed by atoms with van der Waals surface area (Å²) in [4.78, 5) is 22.1. The van der Waals surface area contributed by atoms with Crippen LogP contribution < -0.4 is 4.74 Å². The number of rotatable bonds is 7. The van der Waals surface area contributed by atoms with E-state index in [2.05, 4.69) is 5.10 Å². The predicted molar refractivity (Wildman–Crippen MR) is 94.6 cm³/mol. The molecule has 7 nitrogen and oxygen atoms in total. The van der Waals surface area contributed by atoms with E-state index in [0.717, 1.165) is 37.1 Å². The Morgan fingerprint density at radius 1 is 1.50 bits per heavy atom. The average molecular weight is 382 g/mol. The SMILES string of the molecule is CCCCn1nc(C)c(/C=C/C(=O)Oc2cc(F)ccc2[N+](=O)[O-])c1Cl. The number of ether oxygens (including phenoxy) is 1. The molecule has 9 heteroatoms. The molecule has 0 radical (unpaired) electrons. The molecule has 0 saturated carbocycles. The highest BCUT2D eigenvalue weighted by molar-refractivity contribution is 6.31. The number of carbonyl (C=O) groups excluding carboxylic acids is 1. The van der Waals surface area contributed by atoms with E-state index >= 15 is 0 Å². The van der Waals surface area contributed by atoms with Crippen molar-refractivity contribution in [3.8, 4) is 5.75 Å². The molecule has 0 atom stereocenters. The molecular weight excluding hydrogens is 365 g/mol. The molecule has 0 aliphatic carbocycles. The standard InChI is InChI=1S/C17H17ClFN3O4/c1-3-4-9-21-17(18)13(11(2)20-21)6-8-16(23)26-15-10-12(19)5-7-14(15)22(24)25/h5-8,10H,3-4,9H2,1-2H3/b8-6+. The van der Waals surface area contributed by atoms with Crippen molar-refractivity contribution in [1.82, 2.24) is 9.78 Å². The third kappa shape index (κ3) is 4.66. The van der Waals surface area contributed by atoms with Gasteiger partial charge >= 0.3 is 11.7 Å². The fourth-order valence-electron chi connectivity index (χ4n) is 2.23. The minimum absolute atomic E-state index is 0.386. The normalized spacial score (nSPS) is 11.1. The van der Waals surface area contributed by atoms with E-state index in [4.69, 9.17) is 16.3 Å². The van der Waals surface area contributed by atoms with Gasteiger partial charge in [-0.1, -0.05) is 24.9 Å². The third-order valence-electron chi connectivity index (χ3n) is 3.55. The van der Waals surface area contributed by atoms with Crippen LogP contribution in [0.2, 0.25) is 5.15 Å². The van der Waals surface area contributed by atoms with Gasteiger partial charge in [-0.3, -0.25) is 14.8 Å². The molecule has 138 valence electrons. The second kappa shape index (κ2) is 8.57. The van der Waals surface area contributed by atoms with Crippen LogP contribution in [0.4, 0.5) is 10.1 Å². The van der Waals surface area contributed by atoms with Gasteiger partial charge in [0, 0.05) is 30.3 Å². The van der Waals surface area contributed by atoms with Crippen molar-refractivity contribution in [3.63, 3.8) is 0 Å². The molecule has 0 amide bonds. The number of aryl methyl sites for hydroxylation is 2. The summed E-state index contributed by atoms with van der Waals surface area (Å²) in [5.74, 6) is -2.11. The van der Waals surface area contributed by atoms with E-state index in [9.17, 15) is 19.3 Å². The molecule has 2 rings (SSSR count). The van der Waals surface area contributed by atoms with Gasteiger partial charge in [0.05, 0.1) is 10.6 Å². The summed E-state index contributed by atoms with van der Waals surface area (Å²) in [7, 11) is 0. The van der Waals surface area contributed by atoms with Crippen LogP contribution >= 0.6 is 11.6 Å². The van der Waals surface area contributed by atoms with Crippen LogP contribution in [0.3, 0.4) is 0 Å². The maximum absolute atomic E-state index is 13.3. The van der Waals surface area contributed by atoms with Crippen LogP contribution in [0, 0.1) is 22.9 Å². The van der Waals surface area contributed by atoms with Crippen molar-refractivity contribution in [2.24, 2.45) is 0 Å².